The molecule has 4 heteroatoms. The van der Waals surface area contributed by atoms with Gasteiger partial charge < -0.3 is 10.5 Å². The summed E-state index contributed by atoms with van der Waals surface area (Å²) >= 11 is 3.38. The van der Waals surface area contributed by atoms with Gasteiger partial charge in [0.05, 0.1) is 4.47 Å². The first kappa shape index (κ1) is 9.98. The number of nitrogen functional groups attached to an aromatic ring is 1. The average Bonchev–Trinajstić information content (AvgIpc) is 2.25. The van der Waals surface area contributed by atoms with E-state index in [-0.39, 0.29) is 0 Å². The number of hydrogen-bond acceptors (Lipinski definition) is 3. The summed E-state index contributed by atoms with van der Waals surface area (Å²) in [6.07, 6.45) is 1.68. The summed E-state index contributed by atoms with van der Waals surface area (Å²) in [6.45, 7) is 0. The third-order valence-corrected chi connectivity index (χ3v) is 2.46. The van der Waals surface area contributed by atoms with Crippen molar-refractivity contribution in [3.05, 3.63) is 47.1 Å². The number of rotatable bonds is 2. The van der Waals surface area contributed by atoms with Gasteiger partial charge in [-0.2, -0.15) is 0 Å². The lowest BCUT2D eigenvalue weighted by atomic mass is 10.3. The Balaban J connectivity index is 2.28. The van der Waals surface area contributed by atoms with Crippen LogP contribution in [0.25, 0.3) is 0 Å². The molecule has 3 nitrogen and oxygen atoms in total. The maximum atomic E-state index is 5.66. The lowest BCUT2D eigenvalue weighted by Crippen LogP contribution is -1.90. The molecule has 2 rings (SSSR count). The molecule has 0 radical (unpaired) electrons. The van der Waals surface area contributed by atoms with Crippen LogP contribution >= 0.6 is 15.9 Å². The number of hydrogen-bond donors (Lipinski definition) is 1. The van der Waals surface area contributed by atoms with Crippen molar-refractivity contribution in [2.45, 2.75) is 0 Å². The van der Waals surface area contributed by atoms with Crippen LogP contribution in [0, 0.1) is 0 Å². The lowest BCUT2D eigenvalue weighted by Gasteiger charge is -2.06. The van der Waals surface area contributed by atoms with E-state index >= 15 is 0 Å². The molecular formula is C11H9BrN2O. The molecule has 0 unspecified atom stereocenters. The fourth-order valence-corrected chi connectivity index (χ4v) is 1.45. The van der Waals surface area contributed by atoms with Crippen LogP contribution in [0.3, 0.4) is 0 Å². The monoisotopic (exact) mass is 264 g/mol. The van der Waals surface area contributed by atoms with Crippen molar-refractivity contribution in [3.63, 3.8) is 0 Å². The lowest BCUT2D eigenvalue weighted by molar-refractivity contribution is 0.460. The molecular weight excluding hydrogens is 256 g/mol. The second-order valence-electron chi connectivity index (χ2n) is 2.96. The third-order valence-electron chi connectivity index (χ3n) is 1.81. The van der Waals surface area contributed by atoms with Gasteiger partial charge in [-0.15, -0.1) is 0 Å². The Bertz CT molecular complexity index is 459. The predicted molar refractivity (Wildman–Crippen MR) is 62.9 cm³/mol. The van der Waals surface area contributed by atoms with Crippen molar-refractivity contribution in [1.82, 2.24) is 4.98 Å². The molecule has 0 amide bonds. The number of halogens is 1. The molecule has 2 aromatic rings. The molecule has 0 saturated heterocycles. The van der Waals surface area contributed by atoms with Gasteiger partial charge in [0.25, 0.3) is 0 Å². The van der Waals surface area contributed by atoms with Gasteiger partial charge in [0.2, 0.25) is 5.88 Å². The molecule has 0 spiro atoms. The largest absolute Gasteiger partial charge is 0.438 e. The summed E-state index contributed by atoms with van der Waals surface area (Å²) in [4.78, 5) is 4.06. The quantitative estimate of drug-likeness (QED) is 0.848. The highest BCUT2D eigenvalue weighted by Crippen LogP contribution is 2.30. The average molecular weight is 265 g/mol. The van der Waals surface area contributed by atoms with Crippen LogP contribution in [0.4, 0.5) is 5.69 Å². The van der Waals surface area contributed by atoms with Crippen LogP contribution in [0.5, 0.6) is 11.6 Å². The fourth-order valence-electron chi connectivity index (χ4n) is 1.12. The van der Waals surface area contributed by atoms with E-state index in [4.69, 9.17) is 10.5 Å². The molecule has 0 saturated carbocycles. The number of benzene rings is 1. The van der Waals surface area contributed by atoms with Gasteiger partial charge >= 0.3 is 0 Å². The van der Waals surface area contributed by atoms with Crippen molar-refractivity contribution in [3.8, 4) is 11.6 Å². The number of nitrogens with two attached hydrogens (primary N) is 1. The minimum atomic E-state index is 0.545. The summed E-state index contributed by atoms with van der Waals surface area (Å²) < 4.78 is 6.40. The van der Waals surface area contributed by atoms with E-state index in [9.17, 15) is 0 Å². The second kappa shape index (κ2) is 4.31. The molecule has 1 aromatic carbocycles. The summed E-state index contributed by atoms with van der Waals surface area (Å²) in [5.41, 5.74) is 6.32. The van der Waals surface area contributed by atoms with Gasteiger partial charge in [-0.1, -0.05) is 6.07 Å². The Morgan fingerprint density at radius 1 is 1.20 bits per heavy atom. The Morgan fingerprint density at radius 2 is 2.07 bits per heavy atom. The number of aromatic nitrogens is 1. The normalized spacial score (nSPS) is 9.93. The Hall–Kier alpha value is -1.55. The van der Waals surface area contributed by atoms with E-state index in [1.54, 1.807) is 24.4 Å². The summed E-state index contributed by atoms with van der Waals surface area (Å²) in [5, 5.41) is 0. The van der Waals surface area contributed by atoms with Crippen LogP contribution in [-0.2, 0) is 0 Å². The first-order chi connectivity index (χ1) is 7.25. The number of anilines is 1. The Morgan fingerprint density at radius 3 is 2.80 bits per heavy atom. The highest BCUT2D eigenvalue weighted by molar-refractivity contribution is 9.10. The van der Waals surface area contributed by atoms with Gasteiger partial charge in [-0.3, -0.25) is 0 Å². The van der Waals surface area contributed by atoms with Crippen LogP contribution in [0.2, 0.25) is 0 Å². The maximum Gasteiger partial charge on any atom is 0.219 e. The van der Waals surface area contributed by atoms with Gasteiger partial charge in [0.1, 0.15) is 5.75 Å². The van der Waals surface area contributed by atoms with Gasteiger partial charge in [-0.25, -0.2) is 4.98 Å². The van der Waals surface area contributed by atoms with Crippen LogP contribution in [0.1, 0.15) is 0 Å². The zero-order chi connectivity index (χ0) is 10.7. The van der Waals surface area contributed by atoms with Crippen molar-refractivity contribution >= 4 is 21.6 Å². The van der Waals surface area contributed by atoms with Gasteiger partial charge in [-0.05, 0) is 34.1 Å². The van der Waals surface area contributed by atoms with Crippen molar-refractivity contribution in [2.24, 2.45) is 0 Å². The first-order valence-electron chi connectivity index (χ1n) is 4.39. The van der Waals surface area contributed by atoms with Crippen LogP contribution < -0.4 is 10.5 Å². The highest BCUT2D eigenvalue weighted by Gasteiger charge is 2.03. The molecule has 0 aliphatic heterocycles. The van der Waals surface area contributed by atoms with E-state index in [0.29, 0.717) is 17.3 Å². The zero-order valence-corrected chi connectivity index (χ0v) is 9.44. The predicted octanol–water partition coefficient (Wildman–Crippen LogP) is 3.22. The maximum absolute atomic E-state index is 5.66. The number of nitrogens with zero attached hydrogens (tertiary/aromatic N) is 1. The summed E-state index contributed by atoms with van der Waals surface area (Å²) in [7, 11) is 0. The fraction of sp³-hybridized carbons (Fsp3) is 0. The Labute approximate surface area is 96.0 Å². The van der Waals surface area contributed by atoms with Crippen molar-refractivity contribution in [1.29, 1.82) is 0 Å². The van der Waals surface area contributed by atoms with Gasteiger partial charge in [0, 0.05) is 24.0 Å². The molecule has 0 atom stereocenters. The SMILES string of the molecule is Nc1ccc(Br)c(Oc2ccccn2)c1. The molecule has 76 valence electrons. The molecule has 0 aliphatic carbocycles. The molecule has 0 fully saturated rings. The van der Waals surface area contributed by atoms with Gasteiger partial charge in [0.15, 0.2) is 0 Å². The molecule has 0 aliphatic rings. The molecule has 1 heterocycles. The number of ether oxygens (including phenoxy) is 1. The minimum Gasteiger partial charge on any atom is -0.438 e. The van der Waals surface area contributed by atoms with Crippen molar-refractivity contribution < 1.29 is 4.74 Å². The molecule has 1 aromatic heterocycles. The Kier molecular flexibility index (Phi) is 2.87. The molecule has 2 N–H and O–H groups in total. The minimum absolute atomic E-state index is 0.545. The molecule has 0 bridgehead atoms. The number of pyridine rings is 1. The van der Waals surface area contributed by atoms with Crippen LogP contribution in [-0.4, -0.2) is 4.98 Å². The van der Waals surface area contributed by atoms with E-state index in [1.807, 2.05) is 18.2 Å². The topological polar surface area (TPSA) is 48.1 Å². The third kappa shape index (κ3) is 2.47. The molecule has 15 heavy (non-hydrogen) atoms. The van der Waals surface area contributed by atoms with E-state index in [0.717, 1.165) is 4.47 Å². The van der Waals surface area contributed by atoms with Crippen molar-refractivity contribution in [2.75, 3.05) is 5.73 Å². The highest BCUT2D eigenvalue weighted by atomic mass is 79.9. The second-order valence-corrected chi connectivity index (χ2v) is 3.81. The summed E-state index contributed by atoms with van der Waals surface area (Å²) in [5.74, 6) is 1.21. The van der Waals surface area contributed by atoms with E-state index < -0.39 is 0 Å². The zero-order valence-electron chi connectivity index (χ0n) is 7.85. The summed E-state index contributed by atoms with van der Waals surface area (Å²) in [6, 6.07) is 10.9. The van der Waals surface area contributed by atoms with E-state index in [1.165, 1.54) is 0 Å². The standard InChI is InChI=1S/C11H9BrN2O/c12-9-5-4-8(13)7-10(9)15-11-3-1-2-6-14-11/h1-7H,13H2. The van der Waals surface area contributed by atoms with Crippen LogP contribution in [0.15, 0.2) is 47.1 Å². The smallest absolute Gasteiger partial charge is 0.219 e. The first-order valence-corrected chi connectivity index (χ1v) is 5.19. The van der Waals surface area contributed by atoms with E-state index in [2.05, 4.69) is 20.9 Å².